The summed E-state index contributed by atoms with van der Waals surface area (Å²) in [5, 5.41) is 0. The van der Waals surface area contributed by atoms with Gasteiger partial charge in [-0.05, 0) is 34.4 Å². The molecule has 0 radical (unpaired) electrons. The number of hydrogen-bond donors (Lipinski definition) is 0. The number of rotatable bonds is 6. The molecule has 0 spiro atoms. The lowest BCUT2D eigenvalue weighted by atomic mass is 9.95. The Morgan fingerprint density at radius 2 is 2.12 bits per heavy atom. The molecule has 1 rings (SSSR count). The summed E-state index contributed by atoms with van der Waals surface area (Å²) in [5.74, 6) is 1.07. The molecule has 0 aromatic carbocycles. The lowest BCUT2D eigenvalue weighted by Crippen LogP contribution is -2.46. The maximum atomic E-state index is 12.2. The molecule has 17 heavy (non-hydrogen) atoms. The Morgan fingerprint density at radius 1 is 1.47 bits per heavy atom. The van der Waals surface area contributed by atoms with Crippen molar-refractivity contribution in [1.82, 2.24) is 14.5 Å². The van der Waals surface area contributed by atoms with Gasteiger partial charge >= 0.3 is 0 Å². The molecule has 0 aliphatic heterocycles. The van der Waals surface area contributed by atoms with Gasteiger partial charge in [-0.2, -0.15) is 0 Å². The SMILES string of the molecule is CCCn1ccnc1CC(=O)C(C)(C)N(C)C. The van der Waals surface area contributed by atoms with Gasteiger partial charge in [0, 0.05) is 18.9 Å². The maximum Gasteiger partial charge on any atom is 0.159 e. The highest BCUT2D eigenvalue weighted by molar-refractivity contribution is 5.88. The van der Waals surface area contributed by atoms with Gasteiger partial charge in [0.1, 0.15) is 5.82 Å². The number of imidazole rings is 1. The minimum atomic E-state index is -0.441. The normalized spacial score (nSPS) is 12.1. The molecule has 0 saturated heterocycles. The van der Waals surface area contributed by atoms with E-state index in [1.54, 1.807) is 6.20 Å². The van der Waals surface area contributed by atoms with Crippen LogP contribution >= 0.6 is 0 Å². The summed E-state index contributed by atoms with van der Waals surface area (Å²) in [6, 6.07) is 0. The van der Waals surface area contributed by atoms with Crippen molar-refractivity contribution >= 4 is 5.78 Å². The van der Waals surface area contributed by atoms with Crippen LogP contribution < -0.4 is 0 Å². The fourth-order valence-electron chi connectivity index (χ4n) is 1.56. The summed E-state index contributed by atoms with van der Waals surface area (Å²) in [4.78, 5) is 18.5. The Balaban J connectivity index is 2.77. The van der Waals surface area contributed by atoms with Crippen LogP contribution in [0.4, 0.5) is 0 Å². The maximum absolute atomic E-state index is 12.2. The summed E-state index contributed by atoms with van der Waals surface area (Å²) in [5.41, 5.74) is -0.441. The van der Waals surface area contributed by atoms with Crippen LogP contribution in [0.5, 0.6) is 0 Å². The first-order chi connectivity index (χ1) is 7.89. The third kappa shape index (κ3) is 3.16. The largest absolute Gasteiger partial charge is 0.335 e. The zero-order valence-electron chi connectivity index (χ0n) is 11.5. The number of aromatic nitrogens is 2. The molecule has 96 valence electrons. The van der Waals surface area contributed by atoms with Crippen LogP contribution in [0.2, 0.25) is 0 Å². The van der Waals surface area contributed by atoms with Crippen molar-refractivity contribution in [3.63, 3.8) is 0 Å². The average molecular weight is 237 g/mol. The summed E-state index contributed by atoms with van der Waals surface area (Å²) in [6.45, 7) is 6.94. The van der Waals surface area contributed by atoms with Crippen LogP contribution in [-0.4, -0.2) is 39.9 Å². The van der Waals surface area contributed by atoms with E-state index in [2.05, 4.69) is 16.5 Å². The quantitative estimate of drug-likeness (QED) is 0.756. The van der Waals surface area contributed by atoms with E-state index < -0.39 is 5.54 Å². The first-order valence-corrected chi connectivity index (χ1v) is 6.10. The van der Waals surface area contributed by atoms with Crippen molar-refractivity contribution < 1.29 is 4.79 Å². The summed E-state index contributed by atoms with van der Waals surface area (Å²) in [6.07, 6.45) is 5.16. The first kappa shape index (κ1) is 13.9. The van der Waals surface area contributed by atoms with E-state index in [-0.39, 0.29) is 5.78 Å². The van der Waals surface area contributed by atoms with E-state index in [4.69, 9.17) is 0 Å². The summed E-state index contributed by atoms with van der Waals surface area (Å²) >= 11 is 0. The monoisotopic (exact) mass is 237 g/mol. The van der Waals surface area contributed by atoms with Gasteiger partial charge in [0.25, 0.3) is 0 Å². The average Bonchev–Trinajstić information content (AvgIpc) is 2.66. The molecular weight excluding hydrogens is 214 g/mol. The van der Waals surface area contributed by atoms with Crippen LogP contribution in [0, 0.1) is 0 Å². The topological polar surface area (TPSA) is 38.1 Å². The van der Waals surface area contributed by atoms with Gasteiger partial charge in [-0.25, -0.2) is 4.98 Å². The number of nitrogens with zero attached hydrogens (tertiary/aromatic N) is 3. The van der Waals surface area contributed by atoms with Crippen molar-refractivity contribution in [3.05, 3.63) is 18.2 Å². The number of aryl methyl sites for hydroxylation is 1. The van der Waals surface area contributed by atoms with Crippen LogP contribution in [-0.2, 0) is 17.8 Å². The molecule has 4 heteroatoms. The Kier molecular flexibility index (Phi) is 4.46. The van der Waals surface area contributed by atoms with E-state index in [0.717, 1.165) is 18.8 Å². The lowest BCUT2D eigenvalue weighted by Gasteiger charge is -2.30. The molecule has 0 fully saturated rings. The van der Waals surface area contributed by atoms with Gasteiger partial charge in [0.05, 0.1) is 12.0 Å². The number of ketones is 1. The van der Waals surface area contributed by atoms with E-state index >= 15 is 0 Å². The third-order valence-corrected chi connectivity index (χ3v) is 3.39. The van der Waals surface area contributed by atoms with E-state index in [0.29, 0.717) is 6.42 Å². The van der Waals surface area contributed by atoms with E-state index in [1.165, 1.54) is 0 Å². The molecule has 1 aromatic heterocycles. The van der Waals surface area contributed by atoms with Crippen molar-refractivity contribution in [2.24, 2.45) is 0 Å². The molecule has 0 bridgehead atoms. The molecule has 0 aliphatic carbocycles. The van der Waals surface area contributed by atoms with Crippen LogP contribution in [0.3, 0.4) is 0 Å². The second-order valence-electron chi connectivity index (χ2n) is 5.09. The van der Waals surface area contributed by atoms with Crippen molar-refractivity contribution in [2.75, 3.05) is 14.1 Å². The Labute approximate surface area is 104 Å². The number of hydrogen-bond acceptors (Lipinski definition) is 3. The standard InChI is InChI=1S/C13H23N3O/c1-6-8-16-9-7-14-12(16)10-11(17)13(2,3)15(4)5/h7,9H,6,8,10H2,1-5H3. The molecule has 1 aromatic rings. The number of Topliss-reactive ketones (excluding diaryl/α,β-unsaturated/α-hetero) is 1. The van der Waals surface area contributed by atoms with E-state index in [9.17, 15) is 4.79 Å². The van der Waals surface area contributed by atoms with Crippen molar-refractivity contribution in [3.8, 4) is 0 Å². The van der Waals surface area contributed by atoms with Crippen molar-refractivity contribution in [1.29, 1.82) is 0 Å². The summed E-state index contributed by atoms with van der Waals surface area (Å²) in [7, 11) is 3.85. The van der Waals surface area contributed by atoms with Gasteiger partial charge in [0.15, 0.2) is 5.78 Å². The van der Waals surface area contributed by atoms with Gasteiger partial charge in [-0.3, -0.25) is 9.69 Å². The van der Waals surface area contributed by atoms with Crippen LogP contribution in [0.1, 0.15) is 33.0 Å². The highest BCUT2D eigenvalue weighted by Gasteiger charge is 2.30. The van der Waals surface area contributed by atoms with Crippen molar-refractivity contribution in [2.45, 2.75) is 45.7 Å². The van der Waals surface area contributed by atoms with Gasteiger partial charge in [-0.1, -0.05) is 6.92 Å². The lowest BCUT2D eigenvalue weighted by molar-refractivity contribution is -0.127. The smallest absolute Gasteiger partial charge is 0.159 e. The zero-order valence-corrected chi connectivity index (χ0v) is 11.5. The number of carbonyl (C=O) groups is 1. The molecule has 0 atom stereocenters. The van der Waals surface area contributed by atoms with Gasteiger partial charge in [0.2, 0.25) is 0 Å². The Hall–Kier alpha value is -1.16. The second-order valence-corrected chi connectivity index (χ2v) is 5.09. The predicted molar refractivity (Wildman–Crippen MR) is 69.0 cm³/mol. The molecular formula is C13H23N3O. The molecule has 0 amide bonds. The second kappa shape index (κ2) is 5.45. The van der Waals surface area contributed by atoms with Gasteiger partial charge < -0.3 is 4.57 Å². The molecule has 1 heterocycles. The highest BCUT2D eigenvalue weighted by Crippen LogP contribution is 2.14. The first-order valence-electron chi connectivity index (χ1n) is 6.10. The Bertz CT molecular complexity index is 380. The summed E-state index contributed by atoms with van der Waals surface area (Å²) < 4.78 is 2.06. The minimum absolute atomic E-state index is 0.200. The zero-order chi connectivity index (χ0) is 13.1. The molecule has 0 saturated carbocycles. The highest BCUT2D eigenvalue weighted by atomic mass is 16.1. The van der Waals surface area contributed by atoms with Crippen LogP contribution in [0.15, 0.2) is 12.4 Å². The fourth-order valence-corrected chi connectivity index (χ4v) is 1.56. The third-order valence-electron chi connectivity index (χ3n) is 3.39. The number of carbonyl (C=O) groups excluding carboxylic acids is 1. The minimum Gasteiger partial charge on any atom is -0.335 e. The molecule has 0 aliphatic rings. The predicted octanol–water partition coefficient (Wildman–Crippen LogP) is 1.74. The van der Waals surface area contributed by atoms with E-state index in [1.807, 2.05) is 39.0 Å². The molecule has 0 unspecified atom stereocenters. The molecule has 4 nitrogen and oxygen atoms in total. The van der Waals surface area contributed by atoms with Gasteiger partial charge in [-0.15, -0.1) is 0 Å². The Morgan fingerprint density at radius 3 is 2.65 bits per heavy atom. The fraction of sp³-hybridized carbons (Fsp3) is 0.692. The molecule has 0 N–H and O–H groups in total. The number of likely N-dealkylation sites (N-methyl/N-ethyl adjacent to an activating group) is 1. The van der Waals surface area contributed by atoms with Crippen LogP contribution in [0.25, 0.3) is 0 Å².